The van der Waals surface area contributed by atoms with Crippen LogP contribution in [0, 0.1) is 16.0 Å². The molecule has 0 radical (unpaired) electrons. The van der Waals surface area contributed by atoms with Gasteiger partial charge in [0.25, 0.3) is 5.69 Å². The first-order chi connectivity index (χ1) is 9.52. The van der Waals surface area contributed by atoms with Gasteiger partial charge in [0, 0.05) is 25.7 Å². The van der Waals surface area contributed by atoms with Crippen molar-refractivity contribution in [2.75, 3.05) is 18.5 Å². The summed E-state index contributed by atoms with van der Waals surface area (Å²) in [6.07, 6.45) is 0.463. The fourth-order valence-corrected chi connectivity index (χ4v) is 2.64. The number of nitro benzene ring substituents is 1. The van der Waals surface area contributed by atoms with E-state index < -0.39 is 4.92 Å². The molecule has 1 aliphatic rings. The minimum Gasteiger partial charge on any atom is -0.393 e. The summed E-state index contributed by atoms with van der Waals surface area (Å²) < 4.78 is 0. The van der Waals surface area contributed by atoms with Crippen molar-refractivity contribution in [3.8, 4) is 0 Å². The maximum absolute atomic E-state index is 11.0. The number of nitrogen functional groups attached to an aromatic ring is 1. The molecular formula is C13H20N4O3. The van der Waals surface area contributed by atoms with Crippen molar-refractivity contribution in [3.05, 3.63) is 33.9 Å². The maximum atomic E-state index is 11.0. The van der Waals surface area contributed by atoms with E-state index in [1.165, 1.54) is 6.07 Å². The zero-order chi connectivity index (χ0) is 14.7. The third-order valence-electron chi connectivity index (χ3n) is 3.81. The third kappa shape index (κ3) is 3.06. The molecule has 2 atom stereocenters. The standard InChI is InChI=1S/C13H20N4O3/c1-9-7-16(6-5-12(9)18)8-10-3-2-4-11(17(19)20)13(10)15-14/h2-4,9,12,15,18H,5-8,14H2,1H3. The van der Waals surface area contributed by atoms with E-state index in [0.717, 1.165) is 25.1 Å². The van der Waals surface area contributed by atoms with Crippen molar-refractivity contribution in [1.29, 1.82) is 0 Å². The number of piperidine rings is 1. The van der Waals surface area contributed by atoms with Crippen LogP contribution in [-0.2, 0) is 6.54 Å². The highest BCUT2D eigenvalue weighted by Crippen LogP contribution is 2.29. The van der Waals surface area contributed by atoms with Crippen molar-refractivity contribution in [2.45, 2.75) is 26.0 Å². The smallest absolute Gasteiger partial charge is 0.293 e. The Labute approximate surface area is 117 Å². The zero-order valence-electron chi connectivity index (χ0n) is 11.5. The topological polar surface area (TPSA) is 105 Å². The number of nitrogens with zero attached hydrogens (tertiary/aromatic N) is 2. The molecule has 1 saturated heterocycles. The van der Waals surface area contributed by atoms with E-state index in [-0.39, 0.29) is 17.7 Å². The molecule has 4 N–H and O–H groups in total. The number of likely N-dealkylation sites (tertiary alicyclic amines) is 1. The summed E-state index contributed by atoms with van der Waals surface area (Å²) in [5.74, 6) is 5.64. The van der Waals surface area contributed by atoms with Crippen LogP contribution < -0.4 is 11.3 Å². The number of para-hydroxylation sites is 1. The highest BCUT2D eigenvalue weighted by Gasteiger charge is 2.25. The van der Waals surface area contributed by atoms with Crippen LogP contribution in [-0.4, -0.2) is 34.1 Å². The van der Waals surface area contributed by atoms with Gasteiger partial charge in [-0.05, 0) is 17.9 Å². The van der Waals surface area contributed by atoms with E-state index in [1.807, 2.05) is 13.0 Å². The number of hydrogen-bond acceptors (Lipinski definition) is 6. The van der Waals surface area contributed by atoms with E-state index >= 15 is 0 Å². The molecule has 20 heavy (non-hydrogen) atoms. The molecule has 0 bridgehead atoms. The van der Waals surface area contributed by atoms with Gasteiger partial charge in [-0.15, -0.1) is 0 Å². The normalized spacial score (nSPS) is 23.6. The van der Waals surface area contributed by atoms with Crippen LogP contribution in [0.25, 0.3) is 0 Å². The summed E-state index contributed by atoms with van der Waals surface area (Å²) in [5, 5.41) is 20.7. The van der Waals surface area contributed by atoms with Gasteiger partial charge in [0.05, 0.1) is 11.0 Å². The Kier molecular flexibility index (Phi) is 4.53. The van der Waals surface area contributed by atoms with E-state index in [0.29, 0.717) is 12.2 Å². The summed E-state index contributed by atoms with van der Waals surface area (Å²) in [7, 11) is 0. The van der Waals surface area contributed by atoms with E-state index in [9.17, 15) is 15.2 Å². The number of nitrogens with one attached hydrogen (secondary N) is 1. The van der Waals surface area contributed by atoms with Gasteiger partial charge in [0.15, 0.2) is 0 Å². The van der Waals surface area contributed by atoms with Crippen molar-refractivity contribution >= 4 is 11.4 Å². The number of aliphatic hydroxyl groups is 1. The number of hydrogen-bond donors (Lipinski definition) is 3. The van der Waals surface area contributed by atoms with Crippen molar-refractivity contribution in [3.63, 3.8) is 0 Å². The van der Waals surface area contributed by atoms with Crippen LogP contribution in [0.4, 0.5) is 11.4 Å². The summed E-state index contributed by atoms with van der Waals surface area (Å²) in [6.45, 7) is 4.14. The predicted molar refractivity (Wildman–Crippen MR) is 76.0 cm³/mol. The molecule has 0 aliphatic carbocycles. The zero-order valence-corrected chi connectivity index (χ0v) is 11.5. The van der Waals surface area contributed by atoms with Gasteiger partial charge in [-0.3, -0.25) is 20.9 Å². The van der Waals surface area contributed by atoms with Crippen molar-refractivity contribution in [2.24, 2.45) is 11.8 Å². The average Bonchev–Trinajstić information content (AvgIpc) is 2.42. The summed E-state index contributed by atoms with van der Waals surface area (Å²) in [5.41, 5.74) is 3.57. The Bertz CT molecular complexity index is 495. The molecular weight excluding hydrogens is 260 g/mol. The highest BCUT2D eigenvalue weighted by molar-refractivity contribution is 5.65. The quantitative estimate of drug-likeness (QED) is 0.433. The van der Waals surface area contributed by atoms with Gasteiger partial charge in [-0.25, -0.2) is 0 Å². The average molecular weight is 280 g/mol. The molecule has 0 aromatic heterocycles. The number of anilines is 1. The van der Waals surface area contributed by atoms with Crippen LogP contribution >= 0.6 is 0 Å². The number of rotatable bonds is 4. The van der Waals surface area contributed by atoms with Gasteiger partial charge in [-0.2, -0.15) is 0 Å². The van der Waals surface area contributed by atoms with Crippen LogP contribution in [0.1, 0.15) is 18.9 Å². The Balaban J connectivity index is 2.17. The first kappa shape index (κ1) is 14.7. The first-order valence-electron chi connectivity index (χ1n) is 6.66. The Hall–Kier alpha value is -1.70. The molecule has 1 aliphatic heterocycles. The lowest BCUT2D eigenvalue weighted by Gasteiger charge is -2.34. The van der Waals surface area contributed by atoms with Gasteiger partial charge in [-0.1, -0.05) is 19.1 Å². The minimum absolute atomic E-state index is 0.0184. The fourth-order valence-electron chi connectivity index (χ4n) is 2.64. The molecule has 7 heteroatoms. The maximum Gasteiger partial charge on any atom is 0.293 e. The second-order valence-electron chi connectivity index (χ2n) is 5.28. The largest absolute Gasteiger partial charge is 0.393 e. The SMILES string of the molecule is CC1CN(Cc2cccc([N+](=O)[O-])c2NN)CCC1O. The second kappa shape index (κ2) is 6.17. The Morgan fingerprint density at radius 2 is 2.35 bits per heavy atom. The number of benzene rings is 1. The number of hydrazine groups is 1. The van der Waals surface area contributed by atoms with Crippen LogP contribution in [0.2, 0.25) is 0 Å². The summed E-state index contributed by atoms with van der Waals surface area (Å²) in [6, 6.07) is 4.93. The van der Waals surface area contributed by atoms with Crippen LogP contribution in [0.5, 0.6) is 0 Å². The number of aliphatic hydroxyl groups excluding tert-OH is 1. The molecule has 110 valence electrons. The Morgan fingerprint density at radius 1 is 1.60 bits per heavy atom. The molecule has 1 fully saturated rings. The van der Waals surface area contributed by atoms with Gasteiger partial charge in [0.1, 0.15) is 5.69 Å². The van der Waals surface area contributed by atoms with Crippen molar-refractivity contribution < 1.29 is 10.0 Å². The second-order valence-corrected chi connectivity index (χ2v) is 5.28. The summed E-state index contributed by atoms with van der Waals surface area (Å²) >= 11 is 0. The number of nitro groups is 1. The molecule has 0 spiro atoms. The lowest BCUT2D eigenvalue weighted by molar-refractivity contribution is -0.384. The number of nitrogens with two attached hydrogens (primary N) is 1. The van der Waals surface area contributed by atoms with E-state index in [4.69, 9.17) is 5.84 Å². The molecule has 7 nitrogen and oxygen atoms in total. The van der Waals surface area contributed by atoms with E-state index in [1.54, 1.807) is 6.07 Å². The van der Waals surface area contributed by atoms with Gasteiger partial charge < -0.3 is 10.5 Å². The highest BCUT2D eigenvalue weighted by atomic mass is 16.6. The van der Waals surface area contributed by atoms with Gasteiger partial charge >= 0.3 is 0 Å². The lowest BCUT2D eigenvalue weighted by Crippen LogP contribution is -2.41. The van der Waals surface area contributed by atoms with Crippen LogP contribution in [0.15, 0.2) is 18.2 Å². The van der Waals surface area contributed by atoms with Crippen molar-refractivity contribution in [1.82, 2.24) is 4.90 Å². The lowest BCUT2D eigenvalue weighted by atomic mass is 9.96. The monoisotopic (exact) mass is 280 g/mol. The van der Waals surface area contributed by atoms with E-state index in [2.05, 4.69) is 10.3 Å². The molecule has 0 saturated carbocycles. The minimum atomic E-state index is -0.443. The fraction of sp³-hybridized carbons (Fsp3) is 0.538. The molecule has 2 unspecified atom stereocenters. The predicted octanol–water partition coefficient (Wildman–Crippen LogP) is 1.08. The third-order valence-corrected chi connectivity index (χ3v) is 3.81. The molecule has 0 amide bonds. The molecule has 1 aromatic rings. The first-order valence-corrected chi connectivity index (χ1v) is 6.66. The van der Waals surface area contributed by atoms with Crippen LogP contribution in [0.3, 0.4) is 0 Å². The molecule has 1 aromatic carbocycles. The van der Waals surface area contributed by atoms with Gasteiger partial charge in [0.2, 0.25) is 0 Å². The Morgan fingerprint density at radius 3 is 2.95 bits per heavy atom. The molecule has 1 heterocycles. The molecule has 2 rings (SSSR count). The summed E-state index contributed by atoms with van der Waals surface area (Å²) in [4.78, 5) is 12.7.